The van der Waals surface area contributed by atoms with E-state index >= 15 is 0 Å². The molecular formula is C15H13ClN4OS3. The summed E-state index contributed by atoms with van der Waals surface area (Å²) in [5.41, 5.74) is 7.46. The van der Waals surface area contributed by atoms with Gasteiger partial charge in [-0.25, -0.2) is 4.68 Å². The quantitative estimate of drug-likeness (QED) is 0.355. The van der Waals surface area contributed by atoms with E-state index in [1.165, 1.54) is 30.0 Å². The number of aryl methyl sites for hydroxylation is 1. The fourth-order valence-corrected chi connectivity index (χ4v) is 4.17. The topological polar surface area (TPSA) is 84.7 Å². The number of hydrogen-bond acceptors (Lipinski definition) is 7. The first-order chi connectivity index (χ1) is 11.3. The molecule has 124 valence electrons. The van der Waals surface area contributed by atoms with Gasteiger partial charge in [0.05, 0.1) is 11.4 Å². The van der Waals surface area contributed by atoms with Crippen molar-refractivity contribution in [3.05, 3.63) is 44.0 Å². The summed E-state index contributed by atoms with van der Waals surface area (Å²) >= 11 is 14.0. The minimum absolute atomic E-state index is 0.0177. The van der Waals surface area contributed by atoms with E-state index in [-0.39, 0.29) is 22.8 Å². The second-order valence-corrected chi connectivity index (χ2v) is 8.11. The predicted octanol–water partition coefficient (Wildman–Crippen LogP) is 4.04. The van der Waals surface area contributed by atoms with Gasteiger partial charge in [0.1, 0.15) is 11.6 Å². The summed E-state index contributed by atoms with van der Waals surface area (Å²) in [5.74, 6) is -0.248. The van der Waals surface area contributed by atoms with Gasteiger partial charge in [-0.1, -0.05) is 40.8 Å². The van der Waals surface area contributed by atoms with E-state index in [4.69, 9.17) is 34.8 Å². The lowest BCUT2D eigenvalue weighted by Gasteiger charge is -2.03. The van der Waals surface area contributed by atoms with Gasteiger partial charge >= 0.3 is 0 Å². The highest BCUT2D eigenvalue weighted by Crippen LogP contribution is 2.26. The van der Waals surface area contributed by atoms with Crippen molar-refractivity contribution >= 4 is 52.7 Å². The predicted molar refractivity (Wildman–Crippen MR) is 100 cm³/mol. The Morgan fingerprint density at radius 1 is 1.58 bits per heavy atom. The Kier molecular flexibility index (Phi) is 6.18. The molecule has 0 saturated carbocycles. The summed E-state index contributed by atoms with van der Waals surface area (Å²) in [5, 5.41) is 14.0. The third-order valence-electron chi connectivity index (χ3n) is 3.04. The fraction of sp³-hybridized carbons (Fsp3) is 0.200. The first-order valence-electron chi connectivity index (χ1n) is 6.72. The maximum Gasteiger partial charge on any atom is 0.185 e. The van der Waals surface area contributed by atoms with Crippen LogP contribution in [0.3, 0.4) is 0 Å². The molecule has 0 fully saturated rings. The molecule has 2 rings (SSSR count). The van der Waals surface area contributed by atoms with Crippen molar-refractivity contribution in [3.8, 4) is 11.8 Å². The van der Waals surface area contributed by atoms with Gasteiger partial charge in [0.25, 0.3) is 0 Å². The SMILES string of the molecule is C/C(N)=C(/C#N)C(=O)CSc1nn(-c2ccc(C)c(Cl)c2)c(=S)s1. The molecule has 0 amide bonds. The number of ketones is 1. The van der Waals surface area contributed by atoms with E-state index in [9.17, 15) is 4.79 Å². The van der Waals surface area contributed by atoms with Crippen LogP contribution in [-0.4, -0.2) is 21.3 Å². The minimum Gasteiger partial charge on any atom is -0.401 e. The smallest absolute Gasteiger partial charge is 0.185 e. The van der Waals surface area contributed by atoms with Crippen molar-refractivity contribution in [3.63, 3.8) is 0 Å². The van der Waals surface area contributed by atoms with Crippen LogP contribution in [0.25, 0.3) is 5.69 Å². The zero-order valence-electron chi connectivity index (χ0n) is 12.9. The second kappa shape index (κ2) is 7.94. The second-order valence-electron chi connectivity index (χ2n) is 4.86. The molecule has 0 aliphatic rings. The molecule has 24 heavy (non-hydrogen) atoms. The van der Waals surface area contributed by atoms with Crippen molar-refractivity contribution in [2.45, 2.75) is 18.2 Å². The van der Waals surface area contributed by atoms with Crippen molar-refractivity contribution in [1.82, 2.24) is 9.78 Å². The average Bonchev–Trinajstić information content (AvgIpc) is 2.89. The first kappa shape index (κ1) is 18.7. The van der Waals surface area contributed by atoms with Crippen LogP contribution in [0.2, 0.25) is 5.02 Å². The van der Waals surface area contributed by atoms with E-state index < -0.39 is 0 Å². The van der Waals surface area contributed by atoms with Gasteiger partial charge in [0, 0.05) is 10.7 Å². The molecule has 0 bridgehead atoms. The Hall–Kier alpha value is -1.66. The molecule has 0 atom stereocenters. The normalized spacial score (nSPS) is 11.8. The number of benzene rings is 1. The molecule has 0 aliphatic carbocycles. The Morgan fingerprint density at radius 2 is 2.29 bits per heavy atom. The molecular weight excluding hydrogens is 384 g/mol. The molecule has 0 radical (unpaired) electrons. The highest BCUT2D eigenvalue weighted by molar-refractivity contribution is 8.01. The highest BCUT2D eigenvalue weighted by Gasteiger charge is 2.14. The summed E-state index contributed by atoms with van der Waals surface area (Å²) < 4.78 is 2.79. The monoisotopic (exact) mass is 396 g/mol. The molecule has 1 aromatic carbocycles. The van der Waals surface area contributed by atoms with Crippen LogP contribution in [-0.2, 0) is 4.79 Å². The lowest BCUT2D eigenvalue weighted by Crippen LogP contribution is -2.10. The van der Waals surface area contributed by atoms with E-state index in [1.807, 2.05) is 25.1 Å². The van der Waals surface area contributed by atoms with Crippen molar-refractivity contribution < 1.29 is 4.79 Å². The maximum absolute atomic E-state index is 12.0. The largest absolute Gasteiger partial charge is 0.401 e. The average molecular weight is 397 g/mol. The van der Waals surface area contributed by atoms with Gasteiger partial charge in [0.15, 0.2) is 14.1 Å². The van der Waals surface area contributed by atoms with Crippen molar-refractivity contribution in [2.24, 2.45) is 5.73 Å². The zero-order valence-corrected chi connectivity index (χ0v) is 16.1. The van der Waals surface area contributed by atoms with Gasteiger partial charge in [-0.15, -0.1) is 5.10 Å². The molecule has 1 aromatic heterocycles. The summed E-state index contributed by atoms with van der Waals surface area (Å²) in [6.45, 7) is 3.44. The molecule has 0 spiro atoms. The number of carbonyl (C=O) groups is 1. The summed E-state index contributed by atoms with van der Waals surface area (Å²) in [4.78, 5) is 12.0. The lowest BCUT2D eigenvalue weighted by atomic mass is 10.2. The van der Waals surface area contributed by atoms with Gasteiger partial charge in [0.2, 0.25) is 0 Å². The van der Waals surface area contributed by atoms with Gasteiger partial charge in [-0.3, -0.25) is 4.79 Å². The van der Waals surface area contributed by atoms with E-state index in [1.54, 1.807) is 10.7 Å². The Bertz CT molecular complexity index is 920. The number of nitrogens with two attached hydrogens (primary N) is 1. The summed E-state index contributed by atoms with van der Waals surface area (Å²) in [7, 11) is 0. The number of hydrogen-bond donors (Lipinski definition) is 1. The third kappa shape index (κ3) is 4.24. The van der Waals surface area contributed by atoms with Crippen molar-refractivity contribution in [2.75, 3.05) is 5.75 Å². The van der Waals surface area contributed by atoms with Gasteiger partial charge < -0.3 is 5.73 Å². The van der Waals surface area contributed by atoms with E-state index in [0.29, 0.717) is 13.3 Å². The molecule has 2 aromatic rings. The molecule has 5 nitrogen and oxygen atoms in total. The molecule has 0 saturated heterocycles. The number of nitrogens with zero attached hydrogens (tertiary/aromatic N) is 3. The fourth-order valence-electron chi connectivity index (χ4n) is 1.77. The number of allylic oxidation sites excluding steroid dienone is 2. The lowest BCUT2D eigenvalue weighted by molar-refractivity contribution is -0.112. The van der Waals surface area contributed by atoms with Crippen LogP contribution in [0, 0.1) is 22.2 Å². The number of nitriles is 1. The van der Waals surface area contributed by atoms with Crippen LogP contribution >= 0.6 is 46.9 Å². The van der Waals surface area contributed by atoms with E-state index in [2.05, 4.69) is 5.10 Å². The van der Waals surface area contributed by atoms with Crippen LogP contribution in [0.1, 0.15) is 12.5 Å². The number of carbonyl (C=O) groups excluding carboxylic acids is 1. The molecule has 0 aliphatic heterocycles. The van der Waals surface area contributed by atoms with Gasteiger partial charge in [-0.2, -0.15) is 5.26 Å². The Labute approximate surface area is 157 Å². The Balaban J connectivity index is 2.19. The molecule has 1 heterocycles. The number of Topliss-reactive ketones (excluding diaryl/α,β-unsaturated/α-hetero) is 1. The minimum atomic E-state index is -0.325. The first-order valence-corrected chi connectivity index (χ1v) is 9.31. The highest BCUT2D eigenvalue weighted by atomic mass is 35.5. The maximum atomic E-state index is 12.0. The van der Waals surface area contributed by atoms with Crippen LogP contribution < -0.4 is 5.73 Å². The molecule has 0 unspecified atom stereocenters. The number of halogens is 1. The van der Waals surface area contributed by atoms with Crippen LogP contribution in [0.15, 0.2) is 33.8 Å². The van der Waals surface area contributed by atoms with Gasteiger partial charge in [-0.05, 0) is 43.8 Å². The number of aromatic nitrogens is 2. The number of thioether (sulfide) groups is 1. The van der Waals surface area contributed by atoms with Crippen molar-refractivity contribution in [1.29, 1.82) is 5.26 Å². The number of rotatable bonds is 5. The molecule has 9 heteroatoms. The van der Waals surface area contributed by atoms with Crippen LogP contribution in [0.5, 0.6) is 0 Å². The summed E-state index contributed by atoms with van der Waals surface area (Å²) in [6, 6.07) is 7.39. The summed E-state index contributed by atoms with van der Waals surface area (Å²) in [6.07, 6.45) is 0. The zero-order chi connectivity index (χ0) is 17.9. The standard InChI is InChI=1S/C15H13ClN4OS3/c1-8-3-4-10(5-12(8)16)20-15(22)24-14(19-20)23-7-13(21)11(6-17)9(2)18/h3-5H,7,18H2,1-2H3/b11-9+. The van der Waals surface area contributed by atoms with Crippen LogP contribution in [0.4, 0.5) is 0 Å². The Morgan fingerprint density at radius 3 is 2.88 bits per heavy atom. The molecule has 2 N–H and O–H groups in total. The third-order valence-corrected chi connectivity index (χ3v) is 5.81. The van der Waals surface area contributed by atoms with E-state index in [0.717, 1.165) is 11.3 Å².